The highest BCUT2D eigenvalue weighted by Crippen LogP contribution is 2.12. The fourth-order valence-corrected chi connectivity index (χ4v) is 3.42. The maximum absolute atomic E-state index is 11.5. The third-order valence-corrected chi connectivity index (χ3v) is 5.24. The second-order valence-electron chi connectivity index (χ2n) is 8.10. The third kappa shape index (κ3) is 23.2. The Bertz CT molecular complexity index is 324. The van der Waals surface area contributed by atoms with Crippen LogP contribution in [0, 0.1) is 0 Å². The molecule has 27 heavy (non-hydrogen) atoms. The molecule has 0 heterocycles. The fourth-order valence-electron chi connectivity index (χ4n) is 3.42. The lowest BCUT2D eigenvalue weighted by molar-refractivity contribution is -0.121. The van der Waals surface area contributed by atoms with Gasteiger partial charge < -0.3 is 5.32 Å². The van der Waals surface area contributed by atoms with Gasteiger partial charge in [0.1, 0.15) is 0 Å². The summed E-state index contributed by atoms with van der Waals surface area (Å²) >= 11 is 0. The minimum Gasteiger partial charge on any atom is -0.356 e. The van der Waals surface area contributed by atoms with Crippen molar-refractivity contribution in [2.75, 3.05) is 6.54 Å². The van der Waals surface area contributed by atoms with Crippen molar-refractivity contribution in [3.05, 3.63) is 12.2 Å². The molecule has 0 saturated carbocycles. The van der Waals surface area contributed by atoms with Gasteiger partial charge in [-0.05, 0) is 38.5 Å². The van der Waals surface area contributed by atoms with Crippen LogP contribution < -0.4 is 5.32 Å². The Morgan fingerprint density at radius 2 is 1.04 bits per heavy atom. The Morgan fingerprint density at radius 3 is 1.52 bits per heavy atom. The highest BCUT2D eigenvalue weighted by Gasteiger charge is 1.99. The van der Waals surface area contributed by atoms with E-state index in [9.17, 15) is 4.79 Å². The highest BCUT2D eigenvalue weighted by molar-refractivity contribution is 5.75. The molecule has 0 aromatic carbocycles. The molecule has 0 aliphatic rings. The van der Waals surface area contributed by atoms with Crippen molar-refractivity contribution in [2.24, 2.45) is 0 Å². The average molecular weight is 380 g/mol. The number of hydrogen-bond acceptors (Lipinski definition) is 1. The molecular weight excluding hydrogens is 330 g/mol. The van der Waals surface area contributed by atoms with Crippen LogP contribution in [0.5, 0.6) is 0 Å². The zero-order valence-corrected chi connectivity index (χ0v) is 18.7. The van der Waals surface area contributed by atoms with Crippen LogP contribution in [0.1, 0.15) is 136 Å². The van der Waals surface area contributed by atoms with Crippen LogP contribution in [0.25, 0.3) is 0 Å². The lowest BCUT2D eigenvalue weighted by Crippen LogP contribution is -2.23. The molecule has 0 fully saturated rings. The van der Waals surface area contributed by atoms with E-state index in [2.05, 4.69) is 31.3 Å². The molecular formula is C25H49NO. The minimum atomic E-state index is 0.234. The number of carbonyl (C=O) groups excluding carboxylic acids is 1. The van der Waals surface area contributed by atoms with Crippen molar-refractivity contribution in [3.63, 3.8) is 0 Å². The van der Waals surface area contributed by atoms with Gasteiger partial charge in [0.05, 0.1) is 0 Å². The first kappa shape index (κ1) is 26.2. The predicted molar refractivity (Wildman–Crippen MR) is 121 cm³/mol. The number of hydrogen-bond donors (Lipinski definition) is 1. The van der Waals surface area contributed by atoms with Gasteiger partial charge in [0.25, 0.3) is 0 Å². The van der Waals surface area contributed by atoms with Gasteiger partial charge in [0, 0.05) is 13.0 Å². The summed E-state index contributed by atoms with van der Waals surface area (Å²) in [6.07, 6.45) is 29.3. The number of carbonyl (C=O) groups is 1. The normalized spacial score (nSPS) is 11.3. The molecule has 2 heteroatoms. The van der Waals surface area contributed by atoms with Crippen molar-refractivity contribution in [1.29, 1.82) is 0 Å². The van der Waals surface area contributed by atoms with Gasteiger partial charge in [-0.2, -0.15) is 0 Å². The first-order valence-electron chi connectivity index (χ1n) is 12.2. The van der Waals surface area contributed by atoms with Crippen LogP contribution in [-0.2, 0) is 4.79 Å². The van der Waals surface area contributed by atoms with E-state index in [0.717, 1.165) is 19.4 Å². The van der Waals surface area contributed by atoms with Gasteiger partial charge in [-0.25, -0.2) is 0 Å². The van der Waals surface area contributed by atoms with Crippen molar-refractivity contribution in [1.82, 2.24) is 5.32 Å². The smallest absolute Gasteiger partial charge is 0.219 e. The Labute approximate surface area is 171 Å². The molecule has 0 aromatic heterocycles. The summed E-state index contributed by atoms with van der Waals surface area (Å²) in [5, 5.41) is 2.95. The van der Waals surface area contributed by atoms with E-state index in [0.29, 0.717) is 6.42 Å². The van der Waals surface area contributed by atoms with Crippen molar-refractivity contribution in [2.45, 2.75) is 136 Å². The summed E-state index contributed by atoms with van der Waals surface area (Å²) in [4.78, 5) is 11.5. The maximum Gasteiger partial charge on any atom is 0.219 e. The predicted octanol–water partition coefficient (Wildman–Crippen LogP) is 8.11. The number of allylic oxidation sites excluding steroid dienone is 2. The summed E-state index contributed by atoms with van der Waals surface area (Å²) in [6, 6.07) is 0. The zero-order chi connectivity index (χ0) is 19.8. The van der Waals surface area contributed by atoms with Crippen LogP contribution in [0.3, 0.4) is 0 Å². The first-order valence-corrected chi connectivity index (χ1v) is 12.2. The monoisotopic (exact) mass is 379 g/mol. The standard InChI is InChI=1S/C25H49NO/c1-3-5-6-7-8-9-10-11-12-13-14-15-16-17-18-19-20-21-22-23-25(27)26-24-4-2/h11-12H,3-10,13-24H2,1-2H3,(H,26,27)/b12-11-. The lowest BCUT2D eigenvalue weighted by atomic mass is 10.1. The van der Waals surface area contributed by atoms with Crippen molar-refractivity contribution >= 4 is 5.91 Å². The van der Waals surface area contributed by atoms with Crippen molar-refractivity contribution < 1.29 is 4.79 Å². The molecule has 0 radical (unpaired) electrons. The second-order valence-corrected chi connectivity index (χ2v) is 8.10. The average Bonchev–Trinajstić information content (AvgIpc) is 2.68. The van der Waals surface area contributed by atoms with Gasteiger partial charge >= 0.3 is 0 Å². The number of unbranched alkanes of at least 4 members (excludes halogenated alkanes) is 15. The molecule has 2 nitrogen and oxygen atoms in total. The van der Waals surface area contributed by atoms with E-state index in [1.165, 1.54) is 103 Å². The molecule has 0 atom stereocenters. The molecule has 1 N–H and O–H groups in total. The van der Waals surface area contributed by atoms with Gasteiger partial charge in [-0.3, -0.25) is 4.79 Å². The topological polar surface area (TPSA) is 29.1 Å². The SMILES string of the molecule is CCCCCCCC/C=C\CCCCCCCCCCCC(=O)NCCC. The summed E-state index contributed by atoms with van der Waals surface area (Å²) in [6.45, 7) is 5.20. The summed E-state index contributed by atoms with van der Waals surface area (Å²) < 4.78 is 0. The highest BCUT2D eigenvalue weighted by atomic mass is 16.1. The van der Waals surface area contributed by atoms with Crippen molar-refractivity contribution in [3.8, 4) is 0 Å². The van der Waals surface area contributed by atoms with E-state index in [-0.39, 0.29) is 5.91 Å². The Hall–Kier alpha value is -0.790. The zero-order valence-electron chi connectivity index (χ0n) is 18.7. The van der Waals surface area contributed by atoms with E-state index < -0.39 is 0 Å². The Balaban J connectivity index is 3.12. The molecule has 0 aromatic rings. The summed E-state index contributed by atoms with van der Waals surface area (Å²) in [5.74, 6) is 0.234. The second kappa shape index (κ2) is 23.2. The fraction of sp³-hybridized carbons (Fsp3) is 0.880. The number of nitrogens with one attached hydrogen (secondary N) is 1. The van der Waals surface area contributed by atoms with Crippen LogP contribution in [-0.4, -0.2) is 12.5 Å². The van der Waals surface area contributed by atoms with E-state index >= 15 is 0 Å². The number of amides is 1. The first-order chi connectivity index (χ1) is 13.3. The van der Waals surface area contributed by atoms with E-state index in [1.54, 1.807) is 0 Å². The van der Waals surface area contributed by atoms with Gasteiger partial charge in [0.15, 0.2) is 0 Å². The quantitative estimate of drug-likeness (QED) is 0.158. The number of rotatable bonds is 21. The summed E-state index contributed by atoms with van der Waals surface area (Å²) in [7, 11) is 0. The van der Waals surface area contributed by atoms with E-state index in [4.69, 9.17) is 0 Å². The molecule has 1 amide bonds. The molecule has 0 aliphatic heterocycles. The summed E-state index contributed by atoms with van der Waals surface area (Å²) in [5.41, 5.74) is 0. The van der Waals surface area contributed by atoms with Gasteiger partial charge in [-0.15, -0.1) is 0 Å². The molecule has 0 unspecified atom stereocenters. The van der Waals surface area contributed by atoms with Gasteiger partial charge in [-0.1, -0.05) is 103 Å². The third-order valence-electron chi connectivity index (χ3n) is 5.24. The molecule has 160 valence electrons. The molecule has 0 bridgehead atoms. The lowest BCUT2D eigenvalue weighted by Gasteiger charge is -2.04. The Morgan fingerprint density at radius 1 is 0.593 bits per heavy atom. The maximum atomic E-state index is 11.5. The molecule has 0 rings (SSSR count). The van der Waals surface area contributed by atoms with E-state index in [1.807, 2.05) is 0 Å². The van der Waals surface area contributed by atoms with Crippen LogP contribution >= 0.6 is 0 Å². The van der Waals surface area contributed by atoms with Gasteiger partial charge in [0.2, 0.25) is 5.91 Å². The molecule has 0 spiro atoms. The van der Waals surface area contributed by atoms with Crippen LogP contribution in [0.2, 0.25) is 0 Å². The molecule has 0 aliphatic carbocycles. The Kier molecular flexibility index (Phi) is 22.6. The minimum absolute atomic E-state index is 0.234. The largest absolute Gasteiger partial charge is 0.356 e. The van der Waals surface area contributed by atoms with Crippen LogP contribution in [0.4, 0.5) is 0 Å². The molecule has 0 saturated heterocycles. The van der Waals surface area contributed by atoms with Crippen LogP contribution in [0.15, 0.2) is 12.2 Å².